The van der Waals surface area contributed by atoms with E-state index in [1.165, 1.54) is 0 Å². The van der Waals surface area contributed by atoms with Crippen molar-refractivity contribution in [1.82, 2.24) is 14.9 Å². The molecule has 0 aliphatic carbocycles. The minimum atomic E-state index is -0.986. The average molecular weight is 268 g/mol. The van der Waals surface area contributed by atoms with E-state index in [2.05, 4.69) is 9.97 Å². The molecule has 1 aromatic rings. The Balaban J connectivity index is 1.81. The summed E-state index contributed by atoms with van der Waals surface area (Å²) in [6.07, 6.45) is 2.73. The highest BCUT2D eigenvalue weighted by atomic mass is 19.1. The lowest BCUT2D eigenvalue weighted by Crippen LogP contribution is -2.46. The van der Waals surface area contributed by atoms with Crippen molar-refractivity contribution in [3.8, 4) is 0 Å². The predicted octanol–water partition coefficient (Wildman–Crippen LogP) is 0.972. The highest BCUT2D eigenvalue weighted by Crippen LogP contribution is 2.20. The molecule has 0 spiro atoms. The average Bonchev–Trinajstić information content (AvgIpc) is 2.41. The molecule has 0 amide bonds. The van der Waals surface area contributed by atoms with E-state index in [0.29, 0.717) is 25.5 Å². The molecule has 0 aromatic carbocycles. The van der Waals surface area contributed by atoms with Crippen LogP contribution >= 0.6 is 0 Å². The molecular weight excluding hydrogens is 247 g/mol. The Hall–Kier alpha value is -1.27. The van der Waals surface area contributed by atoms with Crippen molar-refractivity contribution in [3.05, 3.63) is 18.5 Å². The van der Waals surface area contributed by atoms with Gasteiger partial charge in [-0.05, 0) is 26.6 Å². The van der Waals surface area contributed by atoms with E-state index in [9.17, 15) is 4.39 Å². The SMILES string of the molecule is CN(C)CCO[C@@H]1CCN(c2ncccn2)C[C@@H]1F. The fourth-order valence-electron chi connectivity index (χ4n) is 2.09. The monoisotopic (exact) mass is 268 g/mol. The van der Waals surface area contributed by atoms with Crippen molar-refractivity contribution < 1.29 is 9.13 Å². The first kappa shape index (κ1) is 14.1. The van der Waals surface area contributed by atoms with E-state index in [1.807, 2.05) is 23.9 Å². The van der Waals surface area contributed by atoms with Crippen LogP contribution in [0.3, 0.4) is 0 Å². The van der Waals surface area contributed by atoms with Crippen LogP contribution in [0.1, 0.15) is 6.42 Å². The van der Waals surface area contributed by atoms with Gasteiger partial charge in [0.1, 0.15) is 6.17 Å². The molecule has 106 valence electrons. The van der Waals surface area contributed by atoms with Gasteiger partial charge < -0.3 is 14.5 Å². The molecule has 1 aliphatic rings. The molecule has 0 bridgehead atoms. The van der Waals surface area contributed by atoms with Crippen LogP contribution in [0.5, 0.6) is 0 Å². The zero-order valence-electron chi connectivity index (χ0n) is 11.5. The van der Waals surface area contributed by atoms with Crippen LogP contribution in [0.15, 0.2) is 18.5 Å². The number of piperidine rings is 1. The van der Waals surface area contributed by atoms with E-state index >= 15 is 0 Å². The van der Waals surface area contributed by atoms with Crippen LogP contribution in [-0.2, 0) is 4.74 Å². The Labute approximate surface area is 113 Å². The first-order valence-corrected chi connectivity index (χ1v) is 6.59. The van der Waals surface area contributed by atoms with Gasteiger partial charge >= 0.3 is 0 Å². The second-order valence-corrected chi connectivity index (χ2v) is 5.01. The summed E-state index contributed by atoms with van der Waals surface area (Å²) in [7, 11) is 3.96. The third kappa shape index (κ3) is 4.11. The molecule has 5 nitrogen and oxygen atoms in total. The Morgan fingerprint density at radius 1 is 1.42 bits per heavy atom. The van der Waals surface area contributed by atoms with Crippen LogP contribution in [0.25, 0.3) is 0 Å². The van der Waals surface area contributed by atoms with Crippen molar-refractivity contribution in [2.45, 2.75) is 18.7 Å². The van der Waals surface area contributed by atoms with Gasteiger partial charge in [-0.1, -0.05) is 0 Å². The topological polar surface area (TPSA) is 41.5 Å². The molecule has 1 saturated heterocycles. The summed E-state index contributed by atoms with van der Waals surface area (Å²) in [6, 6.07) is 1.76. The number of halogens is 1. The summed E-state index contributed by atoms with van der Waals surface area (Å²) in [4.78, 5) is 12.2. The van der Waals surface area contributed by atoms with E-state index in [-0.39, 0.29) is 6.10 Å². The minimum absolute atomic E-state index is 0.302. The second kappa shape index (κ2) is 6.77. The summed E-state index contributed by atoms with van der Waals surface area (Å²) in [6.45, 7) is 2.42. The van der Waals surface area contributed by atoms with Crippen molar-refractivity contribution in [2.24, 2.45) is 0 Å². The Bertz CT molecular complexity index is 376. The first-order chi connectivity index (χ1) is 9.16. The first-order valence-electron chi connectivity index (χ1n) is 6.59. The van der Waals surface area contributed by atoms with Crippen molar-refractivity contribution in [1.29, 1.82) is 0 Å². The van der Waals surface area contributed by atoms with Gasteiger partial charge in [0.15, 0.2) is 0 Å². The molecule has 6 heteroatoms. The number of likely N-dealkylation sites (N-methyl/N-ethyl adjacent to an activating group) is 1. The van der Waals surface area contributed by atoms with Gasteiger partial charge in [-0.3, -0.25) is 0 Å². The summed E-state index contributed by atoms with van der Waals surface area (Å²) in [5.74, 6) is 0.594. The highest BCUT2D eigenvalue weighted by Gasteiger charge is 2.30. The van der Waals surface area contributed by atoms with Gasteiger partial charge in [0.25, 0.3) is 0 Å². The van der Waals surface area contributed by atoms with Crippen LogP contribution < -0.4 is 4.90 Å². The lowest BCUT2D eigenvalue weighted by atomic mass is 10.1. The fourth-order valence-corrected chi connectivity index (χ4v) is 2.09. The van der Waals surface area contributed by atoms with Gasteiger partial charge in [0, 0.05) is 25.5 Å². The van der Waals surface area contributed by atoms with Crippen molar-refractivity contribution in [2.75, 3.05) is 45.2 Å². The standard InChI is InChI=1S/C13H21FN4O/c1-17(2)8-9-19-12-4-7-18(10-11(12)14)13-15-5-3-6-16-13/h3,5-6,11-12H,4,7-10H2,1-2H3/t11-,12+/m0/s1. The molecule has 0 unspecified atom stereocenters. The summed E-state index contributed by atoms with van der Waals surface area (Å²) in [5.41, 5.74) is 0. The van der Waals surface area contributed by atoms with E-state index in [1.54, 1.807) is 18.5 Å². The van der Waals surface area contributed by atoms with Crippen LogP contribution in [0.4, 0.5) is 10.3 Å². The third-order valence-corrected chi connectivity index (χ3v) is 3.19. The number of hydrogen-bond acceptors (Lipinski definition) is 5. The van der Waals surface area contributed by atoms with E-state index in [4.69, 9.17) is 4.74 Å². The summed E-state index contributed by atoms with van der Waals surface area (Å²) >= 11 is 0. The maximum atomic E-state index is 14.1. The molecule has 2 rings (SSSR count). The molecule has 0 N–H and O–H groups in total. The molecule has 1 fully saturated rings. The number of alkyl halides is 1. The molecule has 1 aromatic heterocycles. The maximum absolute atomic E-state index is 14.1. The molecule has 2 atom stereocenters. The van der Waals surface area contributed by atoms with Crippen molar-refractivity contribution in [3.63, 3.8) is 0 Å². The number of rotatable bonds is 5. The largest absolute Gasteiger partial charge is 0.374 e. The number of aromatic nitrogens is 2. The van der Waals surface area contributed by atoms with Gasteiger partial charge in [-0.15, -0.1) is 0 Å². The number of nitrogens with zero attached hydrogens (tertiary/aromatic N) is 4. The third-order valence-electron chi connectivity index (χ3n) is 3.19. The number of ether oxygens (including phenoxy) is 1. The van der Waals surface area contributed by atoms with Gasteiger partial charge in [-0.2, -0.15) is 0 Å². The van der Waals surface area contributed by atoms with Gasteiger partial charge in [0.05, 0.1) is 19.3 Å². The second-order valence-electron chi connectivity index (χ2n) is 5.01. The quantitative estimate of drug-likeness (QED) is 0.796. The minimum Gasteiger partial charge on any atom is -0.374 e. The zero-order chi connectivity index (χ0) is 13.7. The highest BCUT2D eigenvalue weighted by molar-refractivity contribution is 5.29. The molecule has 19 heavy (non-hydrogen) atoms. The lowest BCUT2D eigenvalue weighted by Gasteiger charge is -2.34. The molecule has 2 heterocycles. The molecule has 1 aliphatic heterocycles. The van der Waals surface area contributed by atoms with E-state index in [0.717, 1.165) is 13.1 Å². The summed E-state index contributed by atoms with van der Waals surface area (Å²) < 4.78 is 19.7. The molecule has 0 saturated carbocycles. The predicted molar refractivity (Wildman–Crippen MR) is 72.1 cm³/mol. The summed E-state index contributed by atoms with van der Waals surface area (Å²) in [5, 5.41) is 0. The van der Waals surface area contributed by atoms with Crippen molar-refractivity contribution >= 4 is 5.95 Å². The van der Waals surface area contributed by atoms with Crippen LogP contribution in [0, 0.1) is 0 Å². The smallest absolute Gasteiger partial charge is 0.225 e. The van der Waals surface area contributed by atoms with Crippen LogP contribution in [0.2, 0.25) is 0 Å². The molecule has 0 radical (unpaired) electrons. The van der Waals surface area contributed by atoms with Crippen LogP contribution in [-0.4, -0.2) is 67.5 Å². The van der Waals surface area contributed by atoms with Gasteiger partial charge in [0.2, 0.25) is 5.95 Å². The normalized spacial score (nSPS) is 23.9. The fraction of sp³-hybridized carbons (Fsp3) is 0.692. The van der Waals surface area contributed by atoms with Gasteiger partial charge in [-0.25, -0.2) is 14.4 Å². The Morgan fingerprint density at radius 2 is 2.16 bits per heavy atom. The number of hydrogen-bond donors (Lipinski definition) is 0. The number of anilines is 1. The lowest BCUT2D eigenvalue weighted by molar-refractivity contribution is -0.0174. The zero-order valence-corrected chi connectivity index (χ0v) is 11.5. The maximum Gasteiger partial charge on any atom is 0.225 e. The Kier molecular flexibility index (Phi) is 5.04. The van der Waals surface area contributed by atoms with E-state index < -0.39 is 6.17 Å². The molecular formula is C13H21FN4O. The Morgan fingerprint density at radius 3 is 2.79 bits per heavy atom.